The molecule has 1 aromatic heterocycles. The third kappa shape index (κ3) is 5.76. The van der Waals surface area contributed by atoms with E-state index in [1.807, 2.05) is 31.2 Å². The summed E-state index contributed by atoms with van der Waals surface area (Å²) in [6, 6.07) is 14.4. The molecule has 0 atom stereocenters. The first-order chi connectivity index (χ1) is 17.4. The first kappa shape index (κ1) is 25.4. The molecule has 1 aliphatic carbocycles. The molecular weight excluding hydrogens is 476 g/mol. The molecule has 1 heterocycles. The van der Waals surface area contributed by atoms with Crippen molar-refractivity contribution in [2.24, 2.45) is 0 Å². The second-order valence-electron chi connectivity index (χ2n) is 8.70. The van der Waals surface area contributed by atoms with Crippen LogP contribution in [0.4, 0.5) is 10.7 Å². The van der Waals surface area contributed by atoms with Crippen molar-refractivity contribution in [1.29, 1.82) is 0 Å². The molecule has 1 N–H and O–H groups in total. The molecule has 0 unspecified atom stereocenters. The summed E-state index contributed by atoms with van der Waals surface area (Å²) < 4.78 is 10.9. The molecule has 0 aliphatic heterocycles. The Bertz CT molecular complexity index is 1250. The maximum atomic E-state index is 12.7. The number of ether oxygens (including phenoxy) is 2. The van der Waals surface area contributed by atoms with Crippen LogP contribution in [0, 0.1) is 6.92 Å². The predicted octanol–water partition coefficient (Wildman–Crippen LogP) is 5.41. The third-order valence-corrected chi connectivity index (χ3v) is 7.31. The van der Waals surface area contributed by atoms with E-state index in [1.54, 1.807) is 43.1 Å². The molecule has 8 heteroatoms. The summed E-state index contributed by atoms with van der Waals surface area (Å²) in [5.74, 6) is -0.358. The molecule has 3 aromatic rings. The Kier molecular flexibility index (Phi) is 8.05. The lowest BCUT2D eigenvalue weighted by Gasteiger charge is -2.18. The number of anilines is 2. The van der Waals surface area contributed by atoms with E-state index in [2.05, 4.69) is 5.32 Å². The topological polar surface area (TPSA) is 84.9 Å². The fraction of sp³-hybridized carbons (Fsp3) is 0.321. The van der Waals surface area contributed by atoms with Crippen LogP contribution in [0.25, 0.3) is 0 Å². The largest absolute Gasteiger partial charge is 0.484 e. The number of carbonyl (C=O) groups is 3. The van der Waals surface area contributed by atoms with Crippen molar-refractivity contribution >= 4 is 39.8 Å². The standard InChI is InChI=1S/C28H30N2O5S/c1-4-34-28(33)25-22-7-5-6-8-23(22)36-26(25)29-24(31)17-35-21-15-13-20(14-16-21)30(3)27(32)19-11-9-18(2)10-12-19/h9-16H,4-8,17H2,1-3H3,(H,29,31). The Morgan fingerprint density at radius 3 is 2.39 bits per heavy atom. The van der Waals surface area contributed by atoms with Crippen LogP contribution >= 0.6 is 11.3 Å². The van der Waals surface area contributed by atoms with Gasteiger partial charge in [-0.25, -0.2) is 4.79 Å². The van der Waals surface area contributed by atoms with Crippen LogP contribution in [0.2, 0.25) is 0 Å². The van der Waals surface area contributed by atoms with Gasteiger partial charge < -0.3 is 19.7 Å². The Labute approximate surface area is 215 Å². The summed E-state index contributed by atoms with van der Waals surface area (Å²) in [7, 11) is 1.72. The molecule has 7 nitrogen and oxygen atoms in total. The van der Waals surface area contributed by atoms with Crippen LogP contribution in [0.15, 0.2) is 48.5 Å². The van der Waals surface area contributed by atoms with Crippen molar-refractivity contribution < 1.29 is 23.9 Å². The number of esters is 1. The van der Waals surface area contributed by atoms with Gasteiger partial charge in [0, 0.05) is 23.2 Å². The molecule has 4 rings (SSSR count). The summed E-state index contributed by atoms with van der Waals surface area (Å²) in [5.41, 5.74) is 3.89. The van der Waals surface area contributed by atoms with Crippen LogP contribution in [0.1, 0.15) is 56.5 Å². The molecule has 0 bridgehead atoms. The Hall–Kier alpha value is -3.65. The van der Waals surface area contributed by atoms with Crippen LogP contribution < -0.4 is 15.0 Å². The highest BCUT2D eigenvalue weighted by atomic mass is 32.1. The Morgan fingerprint density at radius 2 is 1.69 bits per heavy atom. The summed E-state index contributed by atoms with van der Waals surface area (Å²) in [5, 5.41) is 3.37. The number of carbonyl (C=O) groups excluding carboxylic acids is 3. The second kappa shape index (κ2) is 11.4. The zero-order valence-electron chi connectivity index (χ0n) is 20.8. The number of fused-ring (bicyclic) bond motifs is 1. The van der Waals surface area contributed by atoms with E-state index in [9.17, 15) is 14.4 Å². The van der Waals surface area contributed by atoms with Gasteiger partial charge in [0.05, 0.1) is 12.2 Å². The monoisotopic (exact) mass is 506 g/mol. The number of benzene rings is 2. The Morgan fingerprint density at radius 1 is 1.00 bits per heavy atom. The van der Waals surface area contributed by atoms with Crippen LogP contribution in [0.5, 0.6) is 5.75 Å². The highest BCUT2D eigenvalue weighted by Gasteiger charge is 2.27. The van der Waals surface area contributed by atoms with Crippen molar-refractivity contribution in [3.8, 4) is 5.75 Å². The fourth-order valence-electron chi connectivity index (χ4n) is 4.16. The van der Waals surface area contributed by atoms with E-state index < -0.39 is 5.97 Å². The van der Waals surface area contributed by atoms with Gasteiger partial charge in [-0.2, -0.15) is 0 Å². The van der Waals surface area contributed by atoms with E-state index in [0.29, 0.717) is 27.6 Å². The molecule has 188 valence electrons. The van der Waals surface area contributed by atoms with Gasteiger partial charge in [-0.1, -0.05) is 17.7 Å². The number of rotatable bonds is 8. The van der Waals surface area contributed by atoms with Gasteiger partial charge in [-0.15, -0.1) is 11.3 Å². The first-order valence-electron chi connectivity index (χ1n) is 12.1. The minimum atomic E-state index is -0.395. The maximum Gasteiger partial charge on any atom is 0.341 e. The van der Waals surface area contributed by atoms with E-state index >= 15 is 0 Å². The third-order valence-electron chi connectivity index (χ3n) is 6.10. The van der Waals surface area contributed by atoms with E-state index in [-0.39, 0.29) is 25.0 Å². The molecule has 1 aliphatic rings. The molecule has 0 spiro atoms. The lowest BCUT2D eigenvalue weighted by atomic mass is 9.95. The van der Waals surface area contributed by atoms with Crippen LogP contribution in [-0.4, -0.2) is 38.0 Å². The number of nitrogens with one attached hydrogen (secondary N) is 1. The number of thiophene rings is 1. The van der Waals surface area contributed by atoms with Gasteiger partial charge in [-0.3, -0.25) is 9.59 Å². The molecule has 36 heavy (non-hydrogen) atoms. The summed E-state index contributed by atoms with van der Waals surface area (Å²) in [6.07, 6.45) is 3.83. The predicted molar refractivity (Wildman–Crippen MR) is 141 cm³/mol. The smallest absolute Gasteiger partial charge is 0.341 e. The average molecular weight is 507 g/mol. The molecular formula is C28H30N2O5S. The zero-order valence-corrected chi connectivity index (χ0v) is 21.6. The first-order valence-corrected chi connectivity index (χ1v) is 12.9. The highest BCUT2D eigenvalue weighted by Crippen LogP contribution is 2.38. The lowest BCUT2D eigenvalue weighted by molar-refractivity contribution is -0.118. The van der Waals surface area contributed by atoms with Gasteiger partial charge in [0.2, 0.25) is 0 Å². The van der Waals surface area contributed by atoms with E-state index in [1.165, 1.54) is 11.3 Å². The van der Waals surface area contributed by atoms with Crippen molar-refractivity contribution in [2.75, 3.05) is 30.5 Å². The molecule has 0 saturated heterocycles. The number of hydrogen-bond donors (Lipinski definition) is 1. The van der Waals surface area contributed by atoms with Crippen molar-refractivity contribution in [3.63, 3.8) is 0 Å². The normalized spacial score (nSPS) is 12.4. The summed E-state index contributed by atoms with van der Waals surface area (Å²) >= 11 is 1.45. The van der Waals surface area contributed by atoms with Gasteiger partial charge in [-0.05, 0) is 81.5 Å². The van der Waals surface area contributed by atoms with Crippen LogP contribution in [-0.2, 0) is 22.4 Å². The molecule has 2 amide bonds. The molecule has 0 saturated carbocycles. The average Bonchev–Trinajstić information content (AvgIpc) is 3.25. The SMILES string of the molecule is CCOC(=O)c1c(NC(=O)COc2ccc(N(C)C(=O)c3ccc(C)cc3)cc2)sc2c1CCCC2. The summed E-state index contributed by atoms with van der Waals surface area (Å²) in [4.78, 5) is 40.7. The summed E-state index contributed by atoms with van der Waals surface area (Å²) in [6.45, 7) is 3.82. The Balaban J connectivity index is 1.37. The van der Waals surface area contributed by atoms with Gasteiger partial charge >= 0.3 is 5.97 Å². The molecule has 0 fully saturated rings. The maximum absolute atomic E-state index is 12.7. The highest BCUT2D eigenvalue weighted by molar-refractivity contribution is 7.17. The second-order valence-corrected chi connectivity index (χ2v) is 9.80. The van der Waals surface area contributed by atoms with Gasteiger partial charge in [0.25, 0.3) is 11.8 Å². The quantitative estimate of drug-likeness (QED) is 0.413. The number of nitrogens with zero attached hydrogens (tertiary/aromatic N) is 1. The molecule has 2 aromatic carbocycles. The van der Waals surface area contributed by atoms with E-state index in [4.69, 9.17) is 9.47 Å². The number of hydrogen-bond acceptors (Lipinski definition) is 6. The van der Waals surface area contributed by atoms with Gasteiger partial charge in [0.15, 0.2) is 6.61 Å². The van der Waals surface area contributed by atoms with Crippen molar-refractivity contribution in [3.05, 3.63) is 75.7 Å². The number of aryl methyl sites for hydroxylation is 2. The van der Waals surface area contributed by atoms with E-state index in [0.717, 1.165) is 41.7 Å². The van der Waals surface area contributed by atoms with Crippen LogP contribution in [0.3, 0.4) is 0 Å². The lowest BCUT2D eigenvalue weighted by Crippen LogP contribution is -2.26. The molecule has 0 radical (unpaired) electrons. The number of amides is 2. The minimum Gasteiger partial charge on any atom is -0.484 e. The van der Waals surface area contributed by atoms with Crippen molar-refractivity contribution in [1.82, 2.24) is 0 Å². The van der Waals surface area contributed by atoms with Crippen molar-refractivity contribution in [2.45, 2.75) is 39.5 Å². The van der Waals surface area contributed by atoms with Gasteiger partial charge in [0.1, 0.15) is 10.8 Å². The fourth-order valence-corrected chi connectivity index (χ4v) is 5.45. The minimum absolute atomic E-state index is 0.112. The zero-order chi connectivity index (χ0) is 25.7.